The maximum atomic E-state index is 8.74. The molecule has 0 N–H and O–H groups in total. The Kier molecular flexibility index (Phi) is 3.95. The lowest BCUT2D eigenvalue weighted by Gasteiger charge is -2.29. The van der Waals surface area contributed by atoms with Crippen LogP contribution in [0.4, 0.5) is 0 Å². The third-order valence-corrected chi connectivity index (χ3v) is 3.56. The van der Waals surface area contributed by atoms with E-state index in [0.29, 0.717) is 11.5 Å². The molecule has 0 atom stereocenters. The largest absolute Gasteiger partial charge is 0.303 e. The first kappa shape index (κ1) is 11.5. The molecule has 0 bridgehead atoms. The van der Waals surface area contributed by atoms with Crippen LogP contribution in [-0.4, -0.2) is 24.5 Å². The Labute approximate surface area is 87.9 Å². The fraction of sp³-hybridized carbons (Fsp3) is 0.917. The van der Waals surface area contributed by atoms with E-state index in [4.69, 9.17) is 5.26 Å². The van der Waals surface area contributed by atoms with Crippen LogP contribution in [-0.2, 0) is 0 Å². The zero-order valence-corrected chi connectivity index (χ0v) is 9.71. The van der Waals surface area contributed by atoms with Gasteiger partial charge in [0, 0.05) is 19.0 Å². The minimum atomic E-state index is 0.367. The van der Waals surface area contributed by atoms with Crippen molar-refractivity contribution < 1.29 is 0 Å². The molecule has 0 aromatic carbocycles. The third kappa shape index (κ3) is 2.72. The van der Waals surface area contributed by atoms with Crippen LogP contribution < -0.4 is 0 Å². The van der Waals surface area contributed by atoms with E-state index in [1.165, 1.54) is 25.7 Å². The summed E-state index contributed by atoms with van der Waals surface area (Å²) in [6.45, 7) is 5.61. The first-order valence-electron chi connectivity index (χ1n) is 5.74. The van der Waals surface area contributed by atoms with E-state index in [1.807, 2.05) is 0 Å². The highest BCUT2D eigenvalue weighted by molar-refractivity contribution is 5.01. The molecule has 1 rings (SSSR count). The van der Waals surface area contributed by atoms with E-state index < -0.39 is 0 Å². The highest BCUT2D eigenvalue weighted by Crippen LogP contribution is 2.49. The lowest BCUT2D eigenvalue weighted by Crippen LogP contribution is -2.35. The molecule has 80 valence electrons. The van der Waals surface area contributed by atoms with Crippen molar-refractivity contribution in [2.24, 2.45) is 5.41 Å². The standard InChI is InChI=1S/C12H22N2/c1-4-11(5-2)14(3)10-12(6-7-12)8-9-13/h11H,4-8,10H2,1-3H3. The normalized spacial score (nSPS) is 18.6. The van der Waals surface area contributed by atoms with Crippen molar-refractivity contribution in [3.63, 3.8) is 0 Å². The van der Waals surface area contributed by atoms with Gasteiger partial charge in [-0.05, 0) is 38.1 Å². The molecule has 14 heavy (non-hydrogen) atoms. The van der Waals surface area contributed by atoms with Crippen molar-refractivity contribution >= 4 is 0 Å². The molecule has 0 unspecified atom stereocenters. The Hall–Kier alpha value is -0.550. The Balaban J connectivity index is 2.40. The minimum Gasteiger partial charge on any atom is -0.303 e. The molecule has 1 aliphatic rings. The van der Waals surface area contributed by atoms with Gasteiger partial charge in [0.25, 0.3) is 0 Å². The fourth-order valence-electron chi connectivity index (χ4n) is 2.31. The summed E-state index contributed by atoms with van der Waals surface area (Å²) in [5.74, 6) is 0. The molecule has 0 aromatic rings. The summed E-state index contributed by atoms with van der Waals surface area (Å²) in [6, 6.07) is 3.02. The molecule has 0 heterocycles. The second-order valence-corrected chi connectivity index (χ2v) is 4.72. The van der Waals surface area contributed by atoms with Crippen molar-refractivity contribution in [3.05, 3.63) is 0 Å². The quantitative estimate of drug-likeness (QED) is 0.650. The van der Waals surface area contributed by atoms with Gasteiger partial charge in [0.15, 0.2) is 0 Å². The summed E-state index contributed by atoms with van der Waals surface area (Å²) >= 11 is 0. The molecule has 0 aromatic heterocycles. The maximum absolute atomic E-state index is 8.74. The molecule has 0 spiro atoms. The number of hydrogen-bond donors (Lipinski definition) is 0. The lowest BCUT2D eigenvalue weighted by molar-refractivity contribution is 0.188. The summed E-state index contributed by atoms with van der Waals surface area (Å²) < 4.78 is 0. The molecule has 0 saturated heterocycles. The van der Waals surface area contributed by atoms with Gasteiger partial charge >= 0.3 is 0 Å². The highest BCUT2D eigenvalue weighted by atomic mass is 15.1. The molecule has 0 amide bonds. The molecule has 2 heteroatoms. The topological polar surface area (TPSA) is 27.0 Å². The number of nitrogens with zero attached hydrogens (tertiary/aromatic N) is 2. The Morgan fingerprint density at radius 3 is 2.29 bits per heavy atom. The van der Waals surface area contributed by atoms with E-state index in [2.05, 4.69) is 31.9 Å². The van der Waals surface area contributed by atoms with Crippen molar-refractivity contribution in [1.82, 2.24) is 4.90 Å². The highest BCUT2D eigenvalue weighted by Gasteiger charge is 2.43. The van der Waals surface area contributed by atoms with Crippen LogP contribution in [0.2, 0.25) is 0 Å². The molecule has 2 nitrogen and oxygen atoms in total. The van der Waals surface area contributed by atoms with Crippen LogP contribution in [0.15, 0.2) is 0 Å². The van der Waals surface area contributed by atoms with Gasteiger partial charge < -0.3 is 4.90 Å². The van der Waals surface area contributed by atoms with Crippen molar-refractivity contribution in [1.29, 1.82) is 5.26 Å². The van der Waals surface area contributed by atoms with Crippen LogP contribution >= 0.6 is 0 Å². The predicted molar refractivity (Wildman–Crippen MR) is 58.9 cm³/mol. The van der Waals surface area contributed by atoms with Crippen molar-refractivity contribution in [2.75, 3.05) is 13.6 Å². The van der Waals surface area contributed by atoms with Gasteiger partial charge in [-0.25, -0.2) is 0 Å². The van der Waals surface area contributed by atoms with Crippen LogP contribution in [0.3, 0.4) is 0 Å². The average Bonchev–Trinajstić information content (AvgIpc) is 2.87. The Morgan fingerprint density at radius 1 is 1.36 bits per heavy atom. The third-order valence-electron chi connectivity index (χ3n) is 3.56. The van der Waals surface area contributed by atoms with E-state index in [0.717, 1.165) is 13.0 Å². The number of hydrogen-bond acceptors (Lipinski definition) is 2. The van der Waals surface area contributed by atoms with Crippen LogP contribution in [0.1, 0.15) is 46.0 Å². The number of nitriles is 1. The van der Waals surface area contributed by atoms with E-state index in [1.54, 1.807) is 0 Å². The van der Waals surface area contributed by atoms with Gasteiger partial charge in [0.05, 0.1) is 6.07 Å². The molecule has 0 aliphatic heterocycles. The van der Waals surface area contributed by atoms with Crippen molar-refractivity contribution in [3.8, 4) is 6.07 Å². The van der Waals surface area contributed by atoms with Crippen LogP contribution in [0, 0.1) is 16.7 Å². The van der Waals surface area contributed by atoms with E-state index in [-0.39, 0.29) is 0 Å². The monoisotopic (exact) mass is 194 g/mol. The van der Waals surface area contributed by atoms with E-state index in [9.17, 15) is 0 Å². The second kappa shape index (κ2) is 4.79. The maximum Gasteiger partial charge on any atom is 0.0628 e. The lowest BCUT2D eigenvalue weighted by atomic mass is 10.0. The van der Waals surface area contributed by atoms with Gasteiger partial charge in [0.1, 0.15) is 0 Å². The summed E-state index contributed by atoms with van der Waals surface area (Å²) in [5.41, 5.74) is 0.367. The zero-order chi connectivity index (χ0) is 10.6. The summed E-state index contributed by atoms with van der Waals surface area (Å²) in [5, 5.41) is 8.74. The van der Waals surface area contributed by atoms with E-state index >= 15 is 0 Å². The molecule has 0 radical (unpaired) electrons. The Morgan fingerprint density at radius 2 is 1.93 bits per heavy atom. The summed E-state index contributed by atoms with van der Waals surface area (Å²) in [7, 11) is 2.20. The van der Waals surface area contributed by atoms with Gasteiger partial charge in [-0.3, -0.25) is 0 Å². The molecule has 1 saturated carbocycles. The predicted octanol–water partition coefficient (Wildman–Crippen LogP) is 2.80. The van der Waals surface area contributed by atoms with Gasteiger partial charge in [0.2, 0.25) is 0 Å². The molecular weight excluding hydrogens is 172 g/mol. The van der Waals surface area contributed by atoms with Gasteiger partial charge in [-0.1, -0.05) is 13.8 Å². The summed E-state index contributed by atoms with van der Waals surface area (Å²) in [6.07, 6.45) is 5.69. The molecule has 1 fully saturated rings. The SMILES string of the molecule is CCC(CC)N(C)CC1(CC#N)CC1. The summed E-state index contributed by atoms with van der Waals surface area (Å²) in [4.78, 5) is 2.45. The van der Waals surface area contributed by atoms with Crippen molar-refractivity contribution in [2.45, 2.75) is 52.0 Å². The average molecular weight is 194 g/mol. The first-order chi connectivity index (χ1) is 6.67. The van der Waals surface area contributed by atoms with Gasteiger partial charge in [-0.15, -0.1) is 0 Å². The van der Waals surface area contributed by atoms with Crippen LogP contribution in [0.5, 0.6) is 0 Å². The Bertz CT molecular complexity index is 209. The zero-order valence-electron chi connectivity index (χ0n) is 9.71. The van der Waals surface area contributed by atoms with Crippen LogP contribution in [0.25, 0.3) is 0 Å². The number of rotatable bonds is 6. The minimum absolute atomic E-state index is 0.367. The molecule has 1 aliphatic carbocycles. The first-order valence-corrected chi connectivity index (χ1v) is 5.74. The molecular formula is C12H22N2. The van der Waals surface area contributed by atoms with Gasteiger partial charge in [-0.2, -0.15) is 5.26 Å². The smallest absolute Gasteiger partial charge is 0.0628 e. The fourth-order valence-corrected chi connectivity index (χ4v) is 2.31. The second-order valence-electron chi connectivity index (χ2n) is 4.72.